The van der Waals surface area contributed by atoms with Crippen molar-refractivity contribution in [3.05, 3.63) is 48.0 Å². The summed E-state index contributed by atoms with van der Waals surface area (Å²) in [7, 11) is 3.51. The summed E-state index contributed by atoms with van der Waals surface area (Å²) in [5, 5.41) is 5.73. The maximum Gasteiger partial charge on any atom is 0.257 e. The van der Waals surface area contributed by atoms with Crippen LogP contribution in [0.2, 0.25) is 0 Å². The van der Waals surface area contributed by atoms with Crippen LogP contribution in [0.15, 0.2) is 42.5 Å². The van der Waals surface area contributed by atoms with E-state index in [1.807, 2.05) is 0 Å². The highest BCUT2D eigenvalue weighted by Crippen LogP contribution is 2.34. The Balaban J connectivity index is 1.33. The van der Waals surface area contributed by atoms with Gasteiger partial charge in [-0.2, -0.15) is 0 Å². The van der Waals surface area contributed by atoms with Crippen molar-refractivity contribution in [2.45, 2.75) is 6.42 Å². The van der Waals surface area contributed by atoms with Crippen molar-refractivity contribution in [3.8, 4) is 11.5 Å². The summed E-state index contributed by atoms with van der Waals surface area (Å²) < 4.78 is 10.7. The van der Waals surface area contributed by atoms with Gasteiger partial charge in [0, 0.05) is 38.9 Å². The molecule has 0 radical (unpaired) electrons. The molecule has 35 heavy (non-hydrogen) atoms. The van der Waals surface area contributed by atoms with Gasteiger partial charge in [-0.15, -0.1) is 0 Å². The highest BCUT2D eigenvalue weighted by Gasteiger charge is 2.21. The molecule has 10 heteroatoms. The van der Waals surface area contributed by atoms with Crippen LogP contribution >= 0.6 is 0 Å². The first-order valence-corrected chi connectivity index (χ1v) is 11.6. The van der Waals surface area contributed by atoms with Crippen LogP contribution in [0, 0.1) is 0 Å². The molecule has 0 unspecified atom stereocenters. The highest BCUT2D eigenvalue weighted by atomic mass is 16.7. The van der Waals surface area contributed by atoms with E-state index < -0.39 is 0 Å². The SMILES string of the molecule is CN(C)C(=O)CN1CCCN(CC(=O)Nc2ccccc2C(=O)Nc2ccc3c(c2)OCO3)CC1. The van der Waals surface area contributed by atoms with Crippen molar-refractivity contribution in [2.75, 3.05) is 70.8 Å². The van der Waals surface area contributed by atoms with E-state index in [1.54, 1.807) is 61.5 Å². The van der Waals surface area contributed by atoms with Crippen molar-refractivity contribution < 1.29 is 23.9 Å². The summed E-state index contributed by atoms with van der Waals surface area (Å²) in [6, 6.07) is 12.1. The number of hydrogen-bond donors (Lipinski definition) is 2. The first-order chi connectivity index (χ1) is 16.9. The second kappa shape index (κ2) is 11.2. The number of fused-ring (bicyclic) bond motifs is 1. The lowest BCUT2D eigenvalue weighted by molar-refractivity contribution is -0.130. The number of hydrogen-bond acceptors (Lipinski definition) is 7. The largest absolute Gasteiger partial charge is 0.454 e. The molecule has 4 rings (SSSR count). The Morgan fingerprint density at radius 3 is 2.37 bits per heavy atom. The maximum absolute atomic E-state index is 12.9. The van der Waals surface area contributed by atoms with Crippen molar-refractivity contribution in [2.24, 2.45) is 0 Å². The molecule has 2 heterocycles. The molecule has 0 bridgehead atoms. The first-order valence-electron chi connectivity index (χ1n) is 11.6. The van der Waals surface area contributed by atoms with Gasteiger partial charge in [-0.05, 0) is 43.8 Å². The Morgan fingerprint density at radius 2 is 1.60 bits per heavy atom. The minimum absolute atomic E-state index is 0.0758. The number of carbonyl (C=O) groups is 3. The fourth-order valence-electron chi connectivity index (χ4n) is 4.03. The summed E-state index contributed by atoms with van der Waals surface area (Å²) in [5.41, 5.74) is 1.38. The summed E-state index contributed by atoms with van der Waals surface area (Å²) >= 11 is 0. The second-order valence-corrected chi connectivity index (χ2v) is 8.81. The molecule has 2 aromatic rings. The zero-order chi connectivity index (χ0) is 24.8. The number of para-hydroxylation sites is 1. The van der Waals surface area contributed by atoms with E-state index in [-0.39, 0.29) is 31.1 Å². The lowest BCUT2D eigenvalue weighted by atomic mass is 10.1. The average molecular weight is 482 g/mol. The average Bonchev–Trinajstić information content (AvgIpc) is 3.19. The van der Waals surface area contributed by atoms with Crippen molar-refractivity contribution >= 4 is 29.1 Å². The molecule has 186 valence electrons. The van der Waals surface area contributed by atoms with E-state index in [2.05, 4.69) is 20.4 Å². The second-order valence-electron chi connectivity index (χ2n) is 8.81. The molecule has 1 saturated heterocycles. The van der Waals surface area contributed by atoms with Gasteiger partial charge >= 0.3 is 0 Å². The Labute approximate surface area is 204 Å². The Morgan fingerprint density at radius 1 is 0.886 bits per heavy atom. The molecular formula is C25H31N5O5. The van der Waals surface area contributed by atoms with Gasteiger partial charge in [-0.1, -0.05) is 12.1 Å². The van der Waals surface area contributed by atoms with Gasteiger partial charge in [0.25, 0.3) is 5.91 Å². The van der Waals surface area contributed by atoms with Gasteiger partial charge in [0.2, 0.25) is 18.6 Å². The lowest BCUT2D eigenvalue weighted by Crippen LogP contribution is -2.40. The molecule has 2 aliphatic rings. The normalized spacial score (nSPS) is 15.8. The molecular weight excluding hydrogens is 450 g/mol. The van der Waals surface area contributed by atoms with E-state index in [0.717, 1.165) is 26.1 Å². The van der Waals surface area contributed by atoms with Gasteiger partial charge < -0.3 is 25.0 Å². The van der Waals surface area contributed by atoms with Crippen molar-refractivity contribution in [1.82, 2.24) is 14.7 Å². The van der Waals surface area contributed by atoms with Crippen LogP contribution in [0.25, 0.3) is 0 Å². The highest BCUT2D eigenvalue weighted by molar-refractivity contribution is 6.10. The predicted molar refractivity (Wildman–Crippen MR) is 132 cm³/mol. The minimum Gasteiger partial charge on any atom is -0.454 e. The lowest BCUT2D eigenvalue weighted by Gasteiger charge is -2.22. The number of nitrogens with zero attached hydrogens (tertiary/aromatic N) is 3. The summed E-state index contributed by atoms with van der Waals surface area (Å²) in [6.07, 6.45) is 0.877. The van der Waals surface area contributed by atoms with Crippen LogP contribution < -0.4 is 20.1 Å². The zero-order valence-corrected chi connectivity index (χ0v) is 20.1. The van der Waals surface area contributed by atoms with E-state index in [0.29, 0.717) is 41.5 Å². The number of likely N-dealkylation sites (N-methyl/N-ethyl adjacent to an activating group) is 1. The molecule has 3 amide bonds. The number of benzene rings is 2. The molecule has 1 fully saturated rings. The molecule has 0 aliphatic carbocycles. The number of nitrogens with one attached hydrogen (secondary N) is 2. The van der Waals surface area contributed by atoms with Crippen LogP contribution in [-0.2, 0) is 9.59 Å². The number of amides is 3. The van der Waals surface area contributed by atoms with Crippen LogP contribution in [-0.4, -0.2) is 92.6 Å². The Bertz CT molecular complexity index is 1090. The van der Waals surface area contributed by atoms with Crippen LogP contribution in [0.5, 0.6) is 11.5 Å². The zero-order valence-electron chi connectivity index (χ0n) is 20.1. The monoisotopic (exact) mass is 481 g/mol. The van der Waals surface area contributed by atoms with Crippen LogP contribution in [0.4, 0.5) is 11.4 Å². The van der Waals surface area contributed by atoms with Gasteiger partial charge in [-0.25, -0.2) is 0 Å². The van der Waals surface area contributed by atoms with Gasteiger partial charge in [0.05, 0.1) is 24.3 Å². The quantitative estimate of drug-likeness (QED) is 0.621. The van der Waals surface area contributed by atoms with Crippen molar-refractivity contribution in [3.63, 3.8) is 0 Å². The number of carbonyl (C=O) groups excluding carboxylic acids is 3. The first kappa shape index (κ1) is 24.5. The van der Waals surface area contributed by atoms with Crippen LogP contribution in [0.3, 0.4) is 0 Å². The van der Waals surface area contributed by atoms with E-state index in [1.165, 1.54) is 0 Å². The van der Waals surface area contributed by atoms with Gasteiger partial charge in [-0.3, -0.25) is 24.2 Å². The number of rotatable bonds is 7. The topological polar surface area (TPSA) is 103 Å². The molecule has 0 spiro atoms. The molecule has 0 saturated carbocycles. The summed E-state index contributed by atoms with van der Waals surface area (Å²) in [4.78, 5) is 43.5. The Kier molecular flexibility index (Phi) is 7.84. The molecule has 2 N–H and O–H groups in total. The van der Waals surface area contributed by atoms with Gasteiger partial charge in [0.15, 0.2) is 11.5 Å². The standard InChI is InChI=1S/C25H31N5O5/c1-28(2)24(32)16-30-11-5-10-29(12-13-30)15-23(31)27-20-7-4-3-6-19(20)25(33)26-18-8-9-21-22(14-18)35-17-34-21/h3-4,6-9,14H,5,10-13,15-17H2,1-2H3,(H,26,33)(H,27,31). The fraction of sp³-hybridized carbons (Fsp3) is 0.400. The van der Waals surface area contributed by atoms with E-state index in [9.17, 15) is 14.4 Å². The third-order valence-electron chi connectivity index (χ3n) is 5.98. The smallest absolute Gasteiger partial charge is 0.257 e. The third-order valence-corrected chi connectivity index (χ3v) is 5.98. The molecule has 2 aromatic carbocycles. The summed E-state index contributed by atoms with van der Waals surface area (Å²) in [5.74, 6) is 0.761. The Hall–Kier alpha value is -3.63. The van der Waals surface area contributed by atoms with Crippen molar-refractivity contribution in [1.29, 1.82) is 0 Å². The fourth-order valence-corrected chi connectivity index (χ4v) is 4.03. The molecule has 2 aliphatic heterocycles. The maximum atomic E-state index is 12.9. The molecule has 0 aromatic heterocycles. The van der Waals surface area contributed by atoms with Gasteiger partial charge in [0.1, 0.15) is 0 Å². The number of anilines is 2. The molecule has 0 atom stereocenters. The summed E-state index contributed by atoms with van der Waals surface area (Å²) in [6.45, 7) is 3.77. The number of ether oxygens (including phenoxy) is 2. The predicted octanol–water partition coefficient (Wildman–Crippen LogP) is 1.70. The third kappa shape index (κ3) is 6.49. The minimum atomic E-state index is -0.337. The molecule has 10 nitrogen and oxygen atoms in total. The van der Waals surface area contributed by atoms with E-state index >= 15 is 0 Å². The van der Waals surface area contributed by atoms with E-state index in [4.69, 9.17) is 9.47 Å². The van der Waals surface area contributed by atoms with Crippen LogP contribution in [0.1, 0.15) is 16.8 Å².